The van der Waals surface area contributed by atoms with Crippen molar-refractivity contribution in [1.29, 1.82) is 0 Å². The summed E-state index contributed by atoms with van der Waals surface area (Å²) in [6.45, 7) is 4.53. The first-order chi connectivity index (χ1) is 7.36. The van der Waals surface area contributed by atoms with Crippen LogP contribution in [0.3, 0.4) is 0 Å². The van der Waals surface area contributed by atoms with E-state index >= 15 is 0 Å². The molecule has 1 N–H and O–H groups in total. The van der Waals surface area contributed by atoms with Crippen LogP contribution >= 0.6 is 11.6 Å². The van der Waals surface area contributed by atoms with Crippen LogP contribution in [0.15, 0.2) is 24.3 Å². The summed E-state index contributed by atoms with van der Waals surface area (Å²) in [6, 6.07) is 8.15. The number of hydrogen-bond donors (Lipinski definition) is 1. The summed E-state index contributed by atoms with van der Waals surface area (Å²) in [6.07, 6.45) is 2.42. The molecule has 0 unspecified atom stereocenters. The molecule has 1 fully saturated rings. The molecule has 0 aliphatic carbocycles. The average Bonchev–Trinajstić information content (AvgIpc) is 2.19. The van der Waals surface area contributed by atoms with Crippen molar-refractivity contribution in [2.75, 3.05) is 31.1 Å². The second kappa shape index (κ2) is 5.38. The number of nitrogens with one attached hydrogen (secondary N) is 1. The summed E-state index contributed by atoms with van der Waals surface area (Å²) < 4.78 is 0. The smallest absolute Gasteiger partial charge is 0.0407 e. The number of benzene rings is 1. The molecule has 15 heavy (non-hydrogen) atoms. The third kappa shape index (κ3) is 3.11. The molecule has 0 bridgehead atoms. The normalized spacial score (nSPS) is 18.3. The molecule has 1 aliphatic rings. The van der Waals surface area contributed by atoms with Gasteiger partial charge in [-0.25, -0.2) is 0 Å². The number of nitrogens with zero attached hydrogens (tertiary/aromatic N) is 1. The Morgan fingerprint density at radius 2 is 1.60 bits per heavy atom. The van der Waals surface area contributed by atoms with Crippen molar-refractivity contribution in [3.05, 3.63) is 29.3 Å². The highest BCUT2D eigenvalue weighted by molar-refractivity contribution is 6.30. The number of hydrogen-bond acceptors (Lipinski definition) is 2. The zero-order chi connectivity index (χ0) is 10.5. The van der Waals surface area contributed by atoms with E-state index in [-0.39, 0.29) is 0 Å². The van der Waals surface area contributed by atoms with Crippen LogP contribution in [-0.2, 0) is 0 Å². The Labute approximate surface area is 96.2 Å². The minimum absolute atomic E-state index is 0.812. The van der Waals surface area contributed by atoms with E-state index in [9.17, 15) is 0 Å². The van der Waals surface area contributed by atoms with E-state index in [0.29, 0.717) is 0 Å². The van der Waals surface area contributed by atoms with Gasteiger partial charge in [0.05, 0.1) is 0 Å². The summed E-state index contributed by atoms with van der Waals surface area (Å²) >= 11 is 5.88. The molecule has 2 nitrogen and oxygen atoms in total. The van der Waals surface area contributed by atoms with Gasteiger partial charge in [0.2, 0.25) is 0 Å². The van der Waals surface area contributed by atoms with E-state index in [0.717, 1.165) is 31.2 Å². The van der Waals surface area contributed by atoms with E-state index in [4.69, 9.17) is 11.6 Å². The van der Waals surface area contributed by atoms with Crippen molar-refractivity contribution >= 4 is 17.3 Å². The van der Waals surface area contributed by atoms with E-state index in [1.807, 2.05) is 12.1 Å². The molecule has 3 heteroatoms. The lowest BCUT2D eigenvalue weighted by Crippen LogP contribution is -2.33. The van der Waals surface area contributed by atoms with Crippen LogP contribution in [-0.4, -0.2) is 26.2 Å². The molecule has 0 amide bonds. The summed E-state index contributed by atoms with van der Waals surface area (Å²) in [7, 11) is 0. The Bertz CT molecular complexity index is 289. The van der Waals surface area contributed by atoms with E-state index in [1.54, 1.807) is 0 Å². The molecule has 1 aromatic rings. The van der Waals surface area contributed by atoms with Gasteiger partial charge in [-0.15, -0.1) is 0 Å². The molecule has 82 valence electrons. The molecule has 0 aromatic heterocycles. The third-order valence-electron chi connectivity index (χ3n) is 2.75. The molecule has 0 radical (unpaired) electrons. The van der Waals surface area contributed by atoms with Crippen LogP contribution in [0.1, 0.15) is 12.8 Å². The molecular formula is C12H17ClN2. The maximum Gasteiger partial charge on any atom is 0.0407 e. The van der Waals surface area contributed by atoms with Crippen LogP contribution < -0.4 is 10.2 Å². The Morgan fingerprint density at radius 1 is 1.00 bits per heavy atom. The van der Waals surface area contributed by atoms with Gasteiger partial charge >= 0.3 is 0 Å². The molecular weight excluding hydrogens is 208 g/mol. The monoisotopic (exact) mass is 224 g/mol. The van der Waals surface area contributed by atoms with Gasteiger partial charge in [-0.2, -0.15) is 0 Å². The van der Waals surface area contributed by atoms with E-state index in [2.05, 4.69) is 22.3 Å². The largest absolute Gasteiger partial charge is 0.371 e. The number of anilines is 1. The van der Waals surface area contributed by atoms with E-state index < -0.39 is 0 Å². The van der Waals surface area contributed by atoms with Gasteiger partial charge in [-0.1, -0.05) is 11.6 Å². The second-order valence-corrected chi connectivity index (χ2v) is 4.36. The van der Waals surface area contributed by atoms with Gasteiger partial charge in [0, 0.05) is 23.8 Å². The third-order valence-corrected chi connectivity index (χ3v) is 3.01. The van der Waals surface area contributed by atoms with Crippen LogP contribution in [0.5, 0.6) is 0 Å². The minimum atomic E-state index is 0.812. The molecule has 0 atom stereocenters. The standard InChI is InChI=1S/C12H17ClN2/c13-11-3-5-12(6-4-11)15-9-1-7-14-8-2-10-15/h3-6,14H,1-2,7-10H2. The fourth-order valence-electron chi connectivity index (χ4n) is 1.94. The molecule has 1 heterocycles. The minimum Gasteiger partial charge on any atom is -0.371 e. The zero-order valence-corrected chi connectivity index (χ0v) is 9.63. The van der Waals surface area contributed by atoms with Gasteiger partial charge in [0.25, 0.3) is 0 Å². The van der Waals surface area contributed by atoms with Crippen molar-refractivity contribution in [1.82, 2.24) is 5.32 Å². The lowest BCUT2D eigenvalue weighted by molar-refractivity contribution is 0.567. The Balaban J connectivity index is 2.03. The molecule has 1 aliphatic heterocycles. The molecule has 2 rings (SSSR count). The van der Waals surface area contributed by atoms with Crippen molar-refractivity contribution in [2.45, 2.75) is 12.8 Å². The van der Waals surface area contributed by atoms with Gasteiger partial charge in [-0.3, -0.25) is 0 Å². The highest BCUT2D eigenvalue weighted by Gasteiger charge is 2.07. The second-order valence-electron chi connectivity index (χ2n) is 3.92. The Hall–Kier alpha value is -0.730. The topological polar surface area (TPSA) is 15.3 Å². The highest BCUT2D eigenvalue weighted by Crippen LogP contribution is 2.18. The Morgan fingerprint density at radius 3 is 2.20 bits per heavy atom. The number of halogens is 1. The summed E-state index contributed by atoms with van der Waals surface area (Å²) in [4.78, 5) is 2.44. The van der Waals surface area contributed by atoms with Gasteiger partial charge in [-0.05, 0) is 50.2 Å². The zero-order valence-electron chi connectivity index (χ0n) is 8.88. The van der Waals surface area contributed by atoms with Crippen molar-refractivity contribution < 1.29 is 0 Å². The molecule has 0 saturated carbocycles. The predicted molar refractivity (Wildman–Crippen MR) is 65.8 cm³/mol. The van der Waals surface area contributed by atoms with Crippen LogP contribution in [0.2, 0.25) is 5.02 Å². The number of rotatable bonds is 1. The van der Waals surface area contributed by atoms with Crippen molar-refractivity contribution in [3.8, 4) is 0 Å². The van der Waals surface area contributed by atoms with Crippen molar-refractivity contribution in [2.24, 2.45) is 0 Å². The van der Waals surface area contributed by atoms with Gasteiger partial charge in [0.15, 0.2) is 0 Å². The van der Waals surface area contributed by atoms with Crippen LogP contribution in [0.25, 0.3) is 0 Å². The van der Waals surface area contributed by atoms with Crippen molar-refractivity contribution in [3.63, 3.8) is 0 Å². The summed E-state index contributed by atoms with van der Waals surface area (Å²) in [5, 5.41) is 4.23. The quantitative estimate of drug-likeness (QED) is 0.789. The average molecular weight is 225 g/mol. The summed E-state index contributed by atoms with van der Waals surface area (Å²) in [5.41, 5.74) is 1.29. The highest BCUT2D eigenvalue weighted by atomic mass is 35.5. The predicted octanol–water partition coefficient (Wildman–Crippen LogP) is 2.53. The van der Waals surface area contributed by atoms with Gasteiger partial charge in [0.1, 0.15) is 0 Å². The maximum absolute atomic E-state index is 5.88. The first-order valence-electron chi connectivity index (χ1n) is 5.57. The summed E-state index contributed by atoms with van der Waals surface area (Å²) in [5.74, 6) is 0. The van der Waals surface area contributed by atoms with Gasteiger partial charge < -0.3 is 10.2 Å². The molecule has 1 saturated heterocycles. The fraction of sp³-hybridized carbons (Fsp3) is 0.500. The Kier molecular flexibility index (Phi) is 3.87. The fourth-order valence-corrected chi connectivity index (χ4v) is 2.06. The maximum atomic E-state index is 5.88. The lowest BCUT2D eigenvalue weighted by atomic mass is 10.2. The molecule has 1 aromatic carbocycles. The van der Waals surface area contributed by atoms with E-state index in [1.165, 1.54) is 18.5 Å². The SMILES string of the molecule is Clc1ccc(N2CCCNCCC2)cc1. The van der Waals surface area contributed by atoms with Crippen LogP contribution in [0, 0.1) is 0 Å². The lowest BCUT2D eigenvalue weighted by Gasteiger charge is -2.27. The molecule has 0 spiro atoms. The van der Waals surface area contributed by atoms with Crippen LogP contribution in [0.4, 0.5) is 5.69 Å². The first kappa shape index (κ1) is 10.8. The first-order valence-corrected chi connectivity index (χ1v) is 5.95.